The Morgan fingerprint density at radius 1 is 0.963 bits per heavy atom. The van der Waals surface area contributed by atoms with Gasteiger partial charge in [-0.05, 0) is 41.5 Å². The number of hydrogen-bond acceptors (Lipinski definition) is 5. The summed E-state index contributed by atoms with van der Waals surface area (Å²) in [6.07, 6.45) is 7.67. The van der Waals surface area contributed by atoms with E-state index in [9.17, 15) is 5.11 Å². The van der Waals surface area contributed by atoms with Gasteiger partial charge in [-0.15, -0.1) is 0 Å². The predicted octanol–water partition coefficient (Wildman–Crippen LogP) is 4.19. The van der Waals surface area contributed by atoms with Crippen molar-refractivity contribution < 1.29 is 9.52 Å². The van der Waals surface area contributed by atoms with Crippen LogP contribution in [-0.4, -0.2) is 24.6 Å². The second kappa shape index (κ2) is 6.25. The Morgan fingerprint density at radius 3 is 2.67 bits per heavy atom. The van der Waals surface area contributed by atoms with Crippen LogP contribution in [-0.2, 0) is 13.0 Å². The van der Waals surface area contributed by atoms with Crippen molar-refractivity contribution >= 4 is 22.0 Å². The third-order valence-electron chi connectivity index (χ3n) is 4.65. The summed E-state index contributed by atoms with van der Waals surface area (Å²) < 4.78 is 7.56. The Bertz CT molecular complexity index is 1210. The first kappa shape index (κ1) is 15.6. The topological polar surface area (TPSA) is 77.0 Å². The van der Waals surface area contributed by atoms with Crippen molar-refractivity contribution in [2.24, 2.45) is 0 Å². The van der Waals surface area contributed by atoms with Crippen molar-refractivity contribution in [2.45, 2.75) is 13.0 Å². The first-order valence-corrected chi connectivity index (χ1v) is 8.71. The van der Waals surface area contributed by atoms with E-state index in [4.69, 9.17) is 4.42 Å². The number of pyridine rings is 2. The van der Waals surface area contributed by atoms with E-state index in [2.05, 4.69) is 15.0 Å². The number of oxazole rings is 1. The zero-order valence-electron chi connectivity index (χ0n) is 14.4. The molecule has 132 valence electrons. The molecule has 1 aromatic carbocycles. The first-order valence-electron chi connectivity index (χ1n) is 8.71. The Kier molecular flexibility index (Phi) is 3.60. The molecule has 6 heteroatoms. The molecule has 27 heavy (non-hydrogen) atoms. The third-order valence-corrected chi connectivity index (χ3v) is 4.65. The molecule has 4 aromatic heterocycles. The quantitative estimate of drug-likeness (QED) is 0.522. The van der Waals surface area contributed by atoms with Crippen molar-refractivity contribution in [1.82, 2.24) is 19.5 Å². The van der Waals surface area contributed by atoms with Crippen LogP contribution < -0.4 is 0 Å². The van der Waals surface area contributed by atoms with Crippen LogP contribution in [0.2, 0.25) is 0 Å². The summed E-state index contributed by atoms with van der Waals surface area (Å²) in [6, 6.07) is 13.4. The molecular weight excluding hydrogens is 340 g/mol. The van der Waals surface area contributed by atoms with E-state index in [0.29, 0.717) is 18.9 Å². The molecule has 5 aromatic rings. The summed E-state index contributed by atoms with van der Waals surface area (Å²) in [7, 11) is 0. The fraction of sp³-hybridized carbons (Fsp3) is 0.0952. The summed E-state index contributed by atoms with van der Waals surface area (Å²) in [5, 5.41) is 11.5. The smallest absolute Gasteiger partial charge is 0.201 e. The molecule has 0 atom stereocenters. The molecule has 0 saturated heterocycles. The minimum Gasteiger partial charge on any atom is -0.494 e. The normalized spacial score (nSPS) is 11.4. The van der Waals surface area contributed by atoms with Crippen LogP contribution in [0.25, 0.3) is 33.1 Å². The lowest BCUT2D eigenvalue weighted by molar-refractivity contribution is 0.414. The molecule has 0 bridgehead atoms. The molecule has 0 aliphatic carbocycles. The number of aromatic nitrogens is 4. The summed E-state index contributed by atoms with van der Waals surface area (Å²) in [5.41, 5.74) is 4.29. The van der Waals surface area contributed by atoms with Crippen molar-refractivity contribution in [3.8, 4) is 17.0 Å². The molecular formula is C21H16N4O2. The fourth-order valence-corrected chi connectivity index (χ4v) is 3.35. The van der Waals surface area contributed by atoms with Crippen molar-refractivity contribution in [3.05, 3.63) is 73.1 Å². The molecule has 0 spiro atoms. The Labute approximate surface area is 154 Å². The highest BCUT2D eigenvalue weighted by molar-refractivity contribution is 5.98. The second-order valence-electron chi connectivity index (χ2n) is 6.33. The van der Waals surface area contributed by atoms with Crippen molar-refractivity contribution in [1.29, 1.82) is 0 Å². The number of aryl methyl sites for hydroxylation is 2. The Hall–Kier alpha value is -3.67. The molecule has 0 saturated carbocycles. The largest absolute Gasteiger partial charge is 0.494 e. The second-order valence-corrected chi connectivity index (χ2v) is 6.33. The maximum Gasteiger partial charge on any atom is 0.201 e. The van der Waals surface area contributed by atoms with E-state index in [-0.39, 0.29) is 5.88 Å². The highest BCUT2D eigenvalue weighted by atomic mass is 16.3. The van der Waals surface area contributed by atoms with E-state index in [1.807, 2.05) is 48.7 Å². The summed E-state index contributed by atoms with van der Waals surface area (Å²) in [4.78, 5) is 13.0. The van der Waals surface area contributed by atoms with Gasteiger partial charge in [0.25, 0.3) is 0 Å². The van der Waals surface area contributed by atoms with E-state index >= 15 is 0 Å². The molecule has 0 unspecified atom stereocenters. The number of aromatic hydroxyl groups is 1. The molecule has 0 amide bonds. The average molecular weight is 356 g/mol. The zero-order chi connectivity index (χ0) is 18.2. The minimum absolute atomic E-state index is 0.195. The monoisotopic (exact) mass is 356 g/mol. The van der Waals surface area contributed by atoms with E-state index < -0.39 is 0 Å². The molecule has 4 heterocycles. The number of nitrogens with zero attached hydrogens (tertiary/aromatic N) is 4. The molecule has 0 aliphatic heterocycles. The molecule has 0 radical (unpaired) electrons. The zero-order valence-corrected chi connectivity index (χ0v) is 14.4. The lowest BCUT2D eigenvalue weighted by Gasteiger charge is -2.05. The van der Waals surface area contributed by atoms with Crippen LogP contribution >= 0.6 is 0 Å². The first-order chi connectivity index (χ1) is 13.3. The molecule has 1 N–H and O–H groups in total. The van der Waals surface area contributed by atoms with Crippen LogP contribution in [0.3, 0.4) is 0 Å². The van der Waals surface area contributed by atoms with Gasteiger partial charge in [0.15, 0.2) is 11.5 Å². The van der Waals surface area contributed by atoms with Crippen molar-refractivity contribution in [3.63, 3.8) is 0 Å². The number of fused-ring (bicyclic) bond motifs is 2. The van der Waals surface area contributed by atoms with Gasteiger partial charge in [0.05, 0.1) is 10.9 Å². The lowest BCUT2D eigenvalue weighted by atomic mass is 10.1. The van der Waals surface area contributed by atoms with Gasteiger partial charge in [0, 0.05) is 37.8 Å². The van der Waals surface area contributed by atoms with Gasteiger partial charge in [0.2, 0.25) is 5.88 Å². The van der Waals surface area contributed by atoms with Crippen LogP contribution in [0.4, 0.5) is 0 Å². The molecule has 0 aliphatic rings. The van der Waals surface area contributed by atoms with E-state index in [1.54, 1.807) is 23.2 Å². The number of rotatable bonds is 4. The summed E-state index contributed by atoms with van der Waals surface area (Å²) in [6.45, 7) is 0.546. The van der Waals surface area contributed by atoms with Crippen LogP contribution in [0.15, 0.2) is 71.7 Å². The fourth-order valence-electron chi connectivity index (χ4n) is 3.35. The number of benzene rings is 1. The summed E-state index contributed by atoms with van der Waals surface area (Å²) >= 11 is 0. The van der Waals surface area contributed by atoms with Gasteiger partial charge >= 0.3 is 0 Å². The van der Waals surface area contributed by atoms with Crippen molar-refractivity contribution in [2.75, 3.05) is 0 Å². The highest BCUT2D eigenvalue weighted by Crippen LogP contribution is 2.35. The third kappa shape index (κ3) is 2.71. The predicted molar refractivity (Wildman–Crippen MR) is 102 cm³/mol. The summed E-state index contributed by atoms with van der Waals surface area (Å²) in [5.74, 6) is 0.844. The van der Waals surface area contributed by atoms with Gasteiger partial charge in [-0.25, -0.2) is 4.98 Å². The van der Waals surface area contributed by atoms with E-state index in [0.717, 1.165) is 33.1 Å². The molecule has 0 fully saturated rings. The maximum absolute atomic E-state index is 10.8. The van der Waals surface area contributed by atoms with Gasteiger partial charge in [-0.2, -0.15) is 0 Å². The van der Waals surface area contributed by atoms with E-state index in [1.165, 1.54) is 0 Å². The van der Waals surface area contributed by atoms with Crippen LogP contribution in [0.5, 0.6) is 5.88 Å². The van der Waals surface area contributed by atoms with Gasteiger partial charge in [-0.3, -0.25) is 9.97 Å². The number of para-hydroxylation sites is 2. The van der Waals surface area contributed by atoms with Gasteiger partial charge < -0.3 is 14.1 Å². The van der Waals surface area contributed by atoms with Crippen LogP contribution in [0.1, 0.15) is 5.89 Å². The SMILES string of the molecule is Oc1c2c(-c3ccncc3)ccnc2cn1CCc1nc2ccccc2o1. The lowest BCUT2D eigenvalue weighted by Crippen LogP contribution is -1.99. The van der Waals surface area contributed by atoms with Crippen LogP contribution in [0, 0.1) is 0 Å². The molecule has 5 rings (SSSR count). The maximum atomic E-state index is 10.8. The highest BCUT2D eigenvalue weighted by Gasteiger charge is 2.15. The standard InChI is InChI=1S/C21H16N4O2/c26-21-20-15(14-5-9-22-10-6-14)7-11-23-17(20)13-25(21)12-8-19-24-16-3-1-2-4-18(16)27-19/h1-7,9-11,13,26H,8,12H2. The minimum atomic E-state index is 0.195. The van der Waals surface area contributed by atoms with Gasteiger partial charge in [-0.1, -0.05) is 12.1 Å². The average Bonchev–Trinajstić information content (AvgIpc) is 3.27. The number of hydrogen-bond donors (Lipinski definition) is 1. The Balaban J connectivity index is 1.50. The van der Waals surface area contributed by atoms with Gasteiger partial charge in [0.1, 0.15) is 5.52 Å². The molecule has 6 nitrogen and oxygen atoms in total. The Morgan fingerprint density at radius 2 is 1.81 bits per heavy atom.